The van der Waals surface area contributed by atoms with E-state index in [-0.39, 0.29) is 16.9 Å². The standard InChI is InChI=1S/C23H20FN3O3/c24-18-9-7-17(8-10-18)21(28)19-20(16-5-2-1-3-6-16)27(23(30)22(19)29)13-4-12-26-14-11-25-15-26/h1-3,5-11,14-15,20,28H,4,12-13H2/b21-19+. The maximum Gasteiger partial charge on any atom is 0.295 e. The third-order valence-electron chi connectivity index (χ3n) is 5.15. The number of amides is 1. The number of aryl methyl sites for hydroxylation is 1. The summed E-state index contributed by atoms with van der Waals surface area (Å²) in [6, 6.07) is 13.6. The summed E-state index contributed by atoms with van der Waals surface area (Å²) < 4.78 is 15.2. The molecule has 30 heavy (non-hydrogen) atoms. The van der Waals surface area contributed by atoms with E-state index < -0.39 is 23.5 Å². The average molecular weight is 405 g/mol. The molecule has 1 fully saturated rings. The number of nitrogens with zero attached hydrogens (tertiary/aromatic N) is 3. The molecule has 4 rings (SSSR count). The predicted molar refractivity (Wildman–Crippen MR) is 109 cm³/mol. The monoisotopic (exact) mass is 405 g/mol. The number of aliphatic hydroxyl groups excluding tert-OH is 1. The summed E-state index contributed by atoms with van der Waals surface area (Å²) in [5.41, 5.74) is 1.03. The minimum Gasteiger partial charge on any atom is -0.507 e. The first-order chi connectivity index (χ1) is 14.6. The SMILES string of the molecule is O=C1C(=O)N(CCCn2ccnc2)C(c2ccccc2)/C1=C(\O)c1ccc(F)cc1. The number of hydrogen-bond donors (Lipinski definition) is 1. The second-order valence-electron chi connectivity index (χ2n) is 7.06. The number of benzene rings is 2. The molecule has 3 aromatic rings. The zero-order valence-corrected chi connectivity index (χ0v) is 16.1. The van der Waals surface area contributed by atoms with Crippen LogP contribution < -0.4 is 0 Å². The Labute approximate surface area is 172 Å². The molecule has 6 nitrogen and oxygen atoms in total. The molecule has 0 saturated carbocycles. The van der Waals surface area contributed by atoms with Crippen LogP contribution in [0.25, 0.3) is 5.76 Å². The van der Waals surface area contributed by atoms with Crippen LogP contribution >= 0.6 is 0 Å². The molecule has 1 unspecified atom stereocenters. The topological polar surface area (TPSA) is 75.4 Å². The molecule has 0 spiro atoms. The van der Waals surface area contributed by atoms with Gasteiger partial charge in [-0.05, 0) is 36.2 Å². The van der Waals surface area contributed by atoms with Crippen LogP contribution in [0.3, 0.4) is 0 Å². The number of likely N-dealkylation sites (tertiary alicyclic amines) is 1. The first-order valence-electron chi connectivity index (χ1n) is 9.61. The highest BCUT2D eigenvalue weighted by Crippen LogP contribution is 2.39. The fourth-order valence-corrected chi connectivity index (χ4v) is 3.70. The van der Waals surface area contributed by atoms with Gasteiger partial charge in [-0.2, -0.15) is 0 Å². The van der Waals surface area contributed by atoms with Crippen molar-refractivity contribution in [3.63, 3.8) is 0 Å². The van der Waals surface area contributed by atoms with Gasteiger partial charge in [0, 0.05) is 31.0 Å². The molecular formula is C23H20FN3O3. The Morgan fingerprint density at radius 1 is 1.03 bits per heavy atom. The van der Waals surface area contributed by atoms with Crippen LogP contribution in [0.15, 0.2) is 78.9 Å². The molecule has 1 aromatic heterocycles. The third kappa shape index (κ3) is 3.74. The van der Waals surface area contributed by atoms with Crippen molar-refractivity contribution in [1.82, 2.24) is 14.5 Å². The maximum absolute atomic E-state index is 13.3. The molecule has 1 aliphatic rings. The number of carbonyl (C=O) groups is 2. The number of halogens is 1. The van der Waals surface area contributed by atoms with Gasteiger partial charge >= 0.3 is 0 Å². The van der Waals surface area contributed by atoms with Crippen molar-refractivity contribution in [2.45, 2.75) is 19.0 Å². The average Bonchev–Trinajstić information content (AvgIpc) is 3.37. The van der Waals surface area contributed by atoms with Crippen LogP contribution in [-0.4, -0.2) is 37.8 Å². The lowest BCUT2D eigenvalue weighted by atomic mass is 9.95. The Morgan fingerprint density at radius 3 is 2.43 bits per heavy atom. The summed E-state index contributed by atoms with van der Waals surface area (Å²) in [5.74, 6) is -2.16. The van der Waals surface area contributed by atoms with Crippen molar-refractivity contribution < 1.29 is 19.1 Å². The van der Waals surface area contributed by atoms with Gasteiger partial charge in [-0.3, -0.25) is 9.59 Å². The summed E-state index contributed by atoms with van der Waals surface area (Å²) in [6.07, 6.45) is 5.82. The van der Waals surface area contributed by atoms with Crippen molar-refractivity contribution in [3.8, 4) is 0 Å². The summed E-state index contributed by atoms with van der Waals surface area (Å²) in [6.45, 7) is 0.977. The molecule has 1 atom stereocenters. The van der Waals surface area contributed by atoms with Crippen LogP contribution in [0.2, 0.25) is 0 Å². The lowest BCUT2D eigenvalue weighted by Crippen LogP contribution is -2.31. The molecule has 1 aliphatic heterocycles. The number of ketones is 1. The third-order valence-corrected chi connectivity index (χ3v) is 5.15. The van der Waals surface area contributed by atoms with Gasteiger partial charge in [0.05, 0.1) is 17.9 Å². The molecule has 1 amide bonds. The summed E-state index contributed by atoms with van der Waals surface area (Å²) >= 11 is 0. The number of Topliss-reactive ketones (excluding diaryl/α,β-unsaturated/α-hetero) is 1. The van der Waals surface area contributed by atoms with Gasteiger partial charge in [-0.1, -0.05) is 30.3 Å². The van der Waals surface area contributed by atoms with Gasteiger partial charge in [0.25, 0.3) is 11.7 Å². The smallest absolute Gasteiger partial charge is 0.295 e. The van der Waals surface area contributed by atoms with E-state index in [0.29, 0.717) is 19.5 Å². The first-order valence-corrected chi connectivity index (χ1v) is 9.61. The largest absolute Gasteiger partial charge is 0.507 e. The van der Waals surface area contributed by atoms with Crippen molar-refractivity contribution in [3.05, 3.63) is 95.8 Å². The quantitative estimate of drug-likeness (QED) is 0.387. The molecule has 152 valence electrons. The van der Waals surface area contributed by atoms with E-state index in [0.717, 1.165) is 5.56 Å². The second-order valence-corrected chi connectivity index (χ2v) is 7.06. The van der Waals surface area contributed by atoms with Crippen molar-refractivity contribution in [2.75, 3.05) is 6.54 Å². The van der Waals surface area contributed by atoms with E-state index in [1.54, 1.807) is 12.5 Å². The van der Waals surface area contributed by atoms with Crippen LogP contribution in [0, 0.1) is 5.82 Å². The van der Waals surface area contributed by atoms with E-state index in [4.69, 9.17) is 0 Å². The van der Waals surface area contributed by atoms with Gasteiger partial charge < -0.3 is 14.6 Å². The highest BCUT2D eigenvalue weighted by molar-refractivity contribution is 6.46. The Balaban J connectivity index is 1.71. The van der Waals surface area contributed by atoms with Gasteiger partial charge in [0.1, 0.15) is 11.6 Å². The predicted octanol–water partition coefficient (Wildman–Crippen LogP) is 3.53. The Morgan fingerprint density at radius 2 is 1.77 bits per heavy atom. The van der Waals surface area contributed by atoms with E-state index in [9.17, 15) is 19.1 Å². The number of aliphatic hydroxyl groups is 1. The second kappa shape index (κ2) is 8.32. The normalized spacial score (nSPS) is 18.2. The van der Waals surface area contributed by atoms with Crippen LogP contribution in [0.5, 0.6) is 0 Å². The number of hydrogen-bond acceptors (Lipinski definition) is 4. The molecule has 1 saturated heterocycles. The van der Waals surface area contributed by atoms with E-state index in [2.05, 4.69) is 4.98 Å². The molecule has 0 aliphatic carbocycles. The molecule has 0 radical (unpaired) electrons. The summed E-state index contributed by atoms with van der Waals surface area (Å²) in [4.78, 5) is 31.2. The van der Waals surface area contributed by atoms with E-state index in [1.807, 2.05) is 41.1 Å². The summed E-state index contributed by atoms with van der Waals surface area (Å²) in [5, 5.41) is 10.9. The Kier molecular flexibility index (Phi) is 5.43. The lowest BCUT2D eigenvalue weighted by Gasteiger charge is -2.25. The minimum absolute atomic E-state index is 0.0143. The number of aromatic nitrogens is 2. The zero-order chi connectivity index (χ0) is 21.1. The Bertz CT molecular complexity index is 1080. The van der Waals surface area contributed by atoms with Gasteiger partial charge in [0.2, 0.25) is 0 Å². The molecule has 2 aromatic carbocycles. The minimum atomic E-state index is -0.742. The fourth-order valence-electron chi connectivity index (χ4n) is 3.70. The zero-order valence-electron chi connectivity index (χ0n) is 16.1. The first kappa shape index (κ1) is 19.6. The Hall–Kier alpha value is -3.74. The highest BCUT2D eigenvalue weighted by atomic mass is 19.1. The molecular weight excluding hydrogens is 385 g/mol. The molecule has 1 N–H and O–H groups in total. The fraction of sp³-hybridized carbons (Fsp3) is 0.174. The molecule has 0 bridgehead atoms. The molecule has 2 heterocycles. The van der Waals surface area contributed by atoms with Crippen LogP contribution in [0.4, 0.5) is 4.39 Å². The van der Waals surface area contributed by atoms with Gasteiger partial charge in [-0.25, -0.2) is 9.37 Å². The number of rotatable bonds is 6. The van der Waals surface area contributed by atoms with E-state index >= 15 is 0 Å². The van der Waals surface area contributed by atoms with Crippen LogP contribution in [-0.2, 0) is 16.1 Å². The van der Waals surface area contributed by atoms with Crippen molar-refractivity contribution in [2.24, 2.45) is 0 Å². The summed E-state index contributed by atoms with van der Waals surface area (Å²) in [7, 11) is 0. The van der Waals surface area contributed by atoms with Gasteiger partial charge in [0.15, 0.2) is 0 Å². The maximum atomic E-state index is 13.3. The highest BCUT2D eigenvalue weighted by Gasteiger charge is 2.45. The molecule has 7 heteroatoms. The number of carbonyl (C=O) groups excluding carboxylic acids is 2. The van der Waals surface area contributed by atoms with Gasteiger partial charge in [-0.15, -0.1) is 0 Å². The lowest BCUT2D eigenvalue weighted by molar-refractivity contribution is -0.139. The van der Waals surface area contributed by atoms with Crippen molar-refractivity contribution >= 4 is 17.4 Å². The number of imidazole rings is 1. The van der Waals surface area contributed by atoms with E-state index in [1.165, 1.54) is 29.2 Å². The van der Waals surface area contributed by atoms with Crippen molar-refractivity contribution in [1.29, 1.82) is 0 Å². The van der Waals surface area contributed by atoms with Crippen LogP contribution in [0.1, 0.15) is 23.6 Å².